The number of aliphatic imine (C=N–C) groups is 1. The number of aromatic nitrogens is 2. The molecule has 0 aliphatic carbocycles. The normalized spacial score (nSPS) is 13.8. The van der Waals surface area contributed by atoms with Gasteiger partial charge in [-0.25, -0.2) is 9.59 Å². The van der Waals surface area contributed by atoms with E-state index in [1.165, 1.54) is 24.3 Å². The summed E-state index contributed by atoms with van der Waals surface area (Å²) in [6, 6.07) is 12.8. The first kappa shape index (κ1) is 19.1. The summed E-state index contributed by atoms with van der Waals surface area (Å²) >= 11 is 0. The number of carbonyl (C=O) groups is 2. The van der Waals surface area contributed by atoms with Gasteiger partial charge in [-0.3, -0.25) is 14.3 Å². The summed E-state index contributed by atoms with van der Waals surface area (Å²) in [6.07, 6.45) is 1.07. The number of aromatic amines is 1. The van der Waals surface area contributed by atoms with Crippen molar-refractivity contribution in [3.05, 3.63) is 81.8 Å². The number of esters is 1. The van der Waals surface area contributed by atoms with Crippen LogP contribution >= 0.6 is 0 Å². The standard InChI is InChI=1S/C21H15N3O6/c1-2-29-20(27)12-7-9-13(10-8-12)24-18(21(28)30-23-24)17(25)11-15-14-5-3-4-6-16(14)22-19(15)26/h3-11H,2H2,1H3,(H-,22,23,25,26,28). The van der Waals surface area contributed by atoms with E-state index < -0.39 is 23.3 Å². The largest absolute Gasteiger partial charge is 0.858 e. The van der Waals surface area contributed by atoms with E-state index in [-0.39, 0.29) is 17.9 Å². The van der Waals surface area contributed by atoms with E-state index in [4.69, 9.17) is 9.26 Å². The molecule has 2 aromatic carbocycles. The number of H-pyrrole nitrogens is 1. The number of hydrogen-bond donors (Lipinski definition) is 1. The number of rotatable bonds is 5. The Labute approximate surface area is 169 Å². The van der Waals surface area contributed by atoms with Gasteiger partial charge in [0.25, 0.3) is 5.78 Å². The predicted octanol–water partition coefficient (Wildman–Crippen LogP) is 1.09. The summed E-state index contributed by atoms with van der Waals surface area (Å²) in [7, 11) is 0. The number of fused-ring (bicyclic) bond motifs is 1. The van der Waals surface area contributed by atoms with Crippen LogP contribution in [0.3, 0.4) is 0 Å². The van der Waals surface area contributed by atoms with Crippen LogP contribution in [0.5, 0.6) is 0 Å². The minimum Gasteiger partial charge on any atom is -0.858 e. The highest BCUT2D eigenvalue weighted by molar-refractivity contribution is 6.28. The first-order valence-corrected chi connectivity index (χ1v) is 9.02. The fourth-order valence-corrected chi connectivity index (χ4v) is 3.05. The van der Waals surface area contributed by atoms with Gasteiger partial charge < -0.3 is 9.84 Å². The molecule has 0 atom stereocenters. The number of hydrogen-bond acceptors (Lipinski definition) is 7. The van der Waals surface area contributed by atoms with Gasteiger partial charge in [0, 0.05) is 23.8 Å². The molecule has 0 unspecified atom stereocenters. The van der Waals surface area contributed by atoms with Crippen molar-refractivity contribution in [2.45, 2.75) is 6.92 Å². The van der Waals surface area contributed by atoms with Crippen LogP contribution < -0.4 is 15.4 Å². The number of ketones is 1. The average molecular weight is 405 g/mol. The van der Waals surface area contributed by atoms with Gasteiger partial charge in [0.15, 0.2) is 0 Å². The van der Waals surface area contributed by atoms with E-state index in [1.54, 1.807) is 31.2 Å². The van der Waals surface area contributed by atoms with Crippen molar-refractivity contribution < 1.29 is 28.6 Å². The van der Waals surface area contributed by atoms with Gasteiger partial charge in [0.2, 0.25) is 5.69 Å². The lowest BCUT2D eigenvalue weighted by molar-refractivity contribution is -0.672. The summed E-state index contributed by atoms with van der Waals surface area (Å²) in [5.41, 5.74) is 0.535. The maximum absolute atomic E-state index is 12.8. The predicted molar refractivity (Wildman–Crippen MR) is 103 cm³/mol. The number of nitrogens with zero attached hydrogens (tertiary/aromatic N) is 2. The Bertz CT molecular complexity index is 1260. The minimum atomic E-state index is -0.901. The molecule has 0 spiro atoms. The zero-order chi connectivity index (χ0) is 21.3. The van der Waals surface area contributed by atoms with Crippen molar-refractivity contribution in [1.82, 2.24) is 5.27 Å². The van der Waals surface area contributed by atoms with Crippen LogP contribution in [0.15, 0.2) is 68.9 Å². The number of ether oxygens (including phenoxy) is 1. The first-order valence-electron chi connectivity index (χ1n) is 9.02. The lowest BCUT2D eigenvalue weighted by atomic mass is 10.0. The van der Waals surface area contributed by atoms with Crippen LogP contribution in [-0.4, -0.2) is 29.5 Å². The van der Waals surface area contributed by atoms with Crippen LogP contribution in [0.25, 0.3) is 11.3 Å². The highest BCUT2D eigenvalue weighted by Gasteiger charge is 2.30. The molecule has 150 valence electrons. The molecule has 0 amide bonds. The molecular weight excluding hydrogens is 390 g/mol. The number of allylic oxidation sites excluding steroid dienone is 1. The Kier molecular flexibility index (Phi) is 4.85. The Balaban J connectivity index is 1.70. The summed E-state index contributed by atoms with van der Waals surface area (Å²) < 4.78 is 10.8. The van der Waals surface area contributed by atoms with E-state index in [1.807, 2.05) is 0 Å². The molecule has 1 aliphatic heterocycles. The van der Waals surface area contributed by atoms with E-state index in [0.29, 0.717) is 22.5 Å². The van der Waals surface area contributed by atoms with Crippen LogP contribution in [0, 0.1) is 0 Å². The Hall–Kier alpha value is -4.27. The minimum absolute atomic E-state index is 0.0976. The number of benzene rings is 2. The number of carbonyl (C=O) groups excluding carboxylic acids is 2. The lowest BCUT2D eigenvalue weighted by Gasteiger charge is -2.06. The molecule has 0 fully saturated rings. The molecule has 0 radical (unpaired) electrons. The number of nitrogens with one attached hydrogen (secondary N) is 1. The van der Waals surface area contributed by atoms with E-state index in [2.05, 4.69) is 10.3 Å². The lowest BCUT2D eigenvalue weighted by Crippen LogP contribution is -2.40. The van der Waals surface area contributed by atoms with E-state index in [9.17, 15) is 19.5 Å². The molecule has 30 heavy (non-hydrogen) atoms. The van der Waals surface area contributed by atoms with Gasteiger partial charge in [-0.05, 0) is 46.5 Å². The van der Waals surface area contributed by atoms with E-state index >= 15 is 0 Å². The average Bonchev–Trinajstić information content (AvgIpc) is 3.28. The van der Waals surface area contributed by atoms with Crippen molar-refractivity contribution in [2.24, 2.45) is 4.99 Å². The molecule has 1 aliphatic rings. The monoisotopic (exact) mass is 405 g/mol. The van der Waals surface area contributed by atoms with Gasteiger partial charge >= 0.3 is 17.3 Å². The third kappa shape index (κ3) is 3.32. The summed E-state index contributed by atoms with van der Waals surface area (Å²) in [5, 5.41) is 14.5. The molecule has 9 heteroatoms. The first-order chi connectivity index (χ1) is 14.5. The van der Waals surface area contributed by atoms with Crippen molar-refractivity contribution >= 4 is 28.9 Å². The van der Waals surface area contributed by atoms with E-state index in [0.717, 1.165) is 10.8 Å². The molecule has 4 rings (SSSR count). The smallest absolute Gasteiger partial charge is 0.439 e. The zero-order valence-electron chi connectivity index (χ0n) is 15.7. The van der Waals surface area contributed by atoms with Gasteiger partial charge in [-0.15, -0.1) is 0 Å². The maximum atomic E-state index is 12.8. The van der Waals surface area contributed by atoms with Crippen LogP contribution in [0.4, 0.5) is 5.69 Å². The molecule has 0 bridgehead atoms. The summed E-state index contributed by atoms with van der Waals surface area (Å²) in [4.78, 5) is 40.7. The quantitative estimate of drug-likeness (QED) is 0.293. The van der Waals surface area contributed by atoms with Crippen molar-refractivity contribution in [3.63, 3.8) is 0 Å². The maximum Gasteiger partial charge on any atom is 0.439 e. The second-order valence-electron chi connectivity index (χ2n) is 6.29. The fourth-order valence-electron chi connectivity index (χ4n) is 3.05. The van der Waals surface area contributed by atoms with Gasteiger partial charge in [0.1, 0.15) is 0 Å². The second kappa shape index (κ2) is 7.63. The SMILES string of the molecule is CCOC(=O)c1ccc(-[n+]2[nH]oc(=O)c2C(=O)/C=C2/C([O-])=Nc3ccccc32)cc1. The molecule has 9 nitrogen and oxygen atoms in total. The van der Waals surface area contributed by atoms with Gasteiger partial charge in [0.05, 0.1) is 17.9 Å². The topological polar surface area (TPSA) is 129 Å². The molecule has 2 heterocycles. The summed E-state index contributed by atoms with van der Waals surface area (Å²) in [5.74, 6) is -1.78. The molecular formula is C21H15N3O6. The van der Waals surface area contributed by atoms with Crippen LogP contribution in [0.2, 0.25) is 0 Å². The molecule has 0 saturated heterocycles. The van der Waals surface area contributed by atoms with Crippen molar-refractivity contribution in [1.29, 1.82) is 0 Å². The number of para-hydroxylation sites is 1. The highest BCUT2D eigenvalue weighted by atomic mass is 16.5. The van der Waals surface area contributed by atoms with Gasteiger partial charge in [-0.2, -0.15) is 0 Å². The van der Waals surface area contributed by atoms with Crippen LogP contribution in [0.1, 0.15) is 33.3 Å². The molecule has 0 saturated carbocycles. The molecule has 1 aromatic heterocycles. The Morgan fingerprint density at radius 2 is 1.93 bits per heavy atom. The third-order valence-corrected chi connectivity index (χ3v) is 4.44. The van der Waals surface area contributed by atoms with Crippen molar-refractivity contribution in [3.8, 4) is 5.69 Å². The summed E-state index contributed by atoms with van der Waals surface area (Å²) in [6.45, 7) is 1.94. The molecule has 1 N–H and O–H groups in total. The van der Waals surface area contributed by atoms with Gasteiger partial charge in [-0.1, -0.05) is 18.2 Å². The molecule has 3 aromatic rings. The van der Waals surface area contributed by atoms with Crippen LogP contribution in [-0.2, 0) is 4.74 Å². The fraction of sp³-hybridized carbons (Fsp3) is 0.0952. The second-order valence-corrected chi connectivity index (χ2v) is 6.29. The Morgan fingerprint density at radius 3 is 2.67 bits per heavy atom. The third-order valence-electron chi connectivity index (χ3n) is 4.44. The zero-order valence-corrected chi connectivity index (χ0v) is 15.7. The van der Waals surface area contributed by atoms with Crippen molar-refractivity contribution in [2.75, 3.05) is 6.61 Å². The highest BCUT2D eigenvalue weighted by Crippen LogP contribution is 2.32. The Morgan fingerprint density at radius 1 is 1.20 bits per heavy atom.